The first-order valence-electron chi connectivity index (χ1n) is 8.21. The molecule has 1 aliphatic heterocycles. The van der Waals surface area contributed by atoms with Crippen LogP contribution in [-0.4, -0.2) is 11.6 Å². The van der Waals surface area contributed by atoms with Gasteiger partial charge >= 0.3 is 5.97 Å². The summed E-state index contributed by atoms with van der Waals surface area (Å²) in [7, 11) is 0. The zero-order valence-corrected chi connectivity index (χ0v) is 13.2. The van der Waals surface area contributed by atoms with Gasteiger partial charge in [0.05, 0.1) is 0 Å². The Balaban J connectivity index is 1.64. The van der Waals surface area contributed by atoms with Gasteiger partial charge in [-0.3, -0.25) is 0 Å². The van der Waals surface area contributed by atoms with Gasteiger partial charge in [-0.25, -0.2) is 4.79 Å². The van der Waals surface area contributed by atoms with Crippen LogP contribution in [0.1, 0.15) is 36.8 Å². The Morgan fingerprint density at radius 2 is 1.70 bits per heavy atom. The lowest BCUT2D eigenvalue weighted by Crippen LogP contribution is -2.38. The van der Waals surface area contributed by atoms with Gasteiger partial charge in [-0.1, -0.05) is 48.0 Å². The second-order valence-corrected chi connectivity index (χ2v) is 6.53. The van der Waals surface area contributed by atoms with Crippen molar-refractivity contribution in [2.24, 2.45) is 0 Å². The Labute approximate surface area is 136 Å². The standard InChI is InChI=1S/C20H20O3/c1-15-9-11-16(12-10-15)19-13-5-6-14-20(19,23-19)18(21)22-17-7-3-2-4-8-17/h2-4,7-12H,5-6,13-14H2,1H3. The smallest absolute Gasteiger partial charge is 0.347 e. The van der Waals surface area contributed by atoms with Crippen LogP contribution < -0.4 is 4.74 Å². The maximum atomic E-state index is 12.8. The van der Waals surface area contributed by atoms with Gasteiger partial charge in [-0.2, -0.15) is 0 Å². The molecule has 0 radical (unpaired) electrons. The van der Waals surface area contributed by atoms with Crippen molar-refractivity contribution in [1.29, 1.82) is 0 Å². The Morgan fingerprint density at radius 3 is 2.43 bits per heavy atom. The largest absolute Gasteiger partial charge is 0.424 e. The van der Waals surface area contributed by atoms with Crippen molar-refractivity contribution < 1.29 is 14.3 Å². The lowest BCUT2D eigenvalue weighted by molar-refractivity contribution is -0.141. The summed E-state index contributed by atoms with van der Waals surface area (Å²) in [5.74, 6) is 0.315. The Kier molecular flexibility index (Phi) is 3.27. The lowest BCUT2D eigenvalue weighted by Gasteiger charge is -2.24. The molecule has 118 valence electrons. The third-order valence-electron chi connectivity index (χ3n) is 5.07. The summed E-state index contributed by atoms with van der Waals surface area (Å²) < 4.78 is 11.7. The van der Waals surface area contributed by atoms with Crippen LogP contribution in [0.5, 0.6) is 5.75 Å². The number of hydrogen-bond donors (Lipinski definition) is 0. The van der Waals surface area contributed by atoms with E-state index < -0.39 is 11.2 Å². The highest BCUT2D eigenvalue weighted by Crippen LogP contribution is 2.64. The molecule has 0 amide bonds. The number of carbonyl (C=O) groups excluding carboxylic acids is 1. The van der Waals surface area contributed by atoms with Crippen molar-refractivity contribution in [3.63, 3.8) is 0 Å². The number of epoxide rings is 1. The first kappa shape index (κ1) is 14.5. The molecule has 1 aliphatic carbocycles. The summed E-state index contributed by atoms with van der Waals surface area (Å²) in [4.78, 5) is 12.8. The molecule has 0 aromatic heterocycles. The predicted molar refractivity (Wildman–Crippen MR) is 87.2 cm³/mol. The maximum Gasteiger partial charge on any atom is 0.347 e. The van der Waals surface area contributed by atoms with E-state index in [1.807, 2.05) is 18.2 Å². The molecule has 3 nitrogen and oxygen atoms in total. The summed E-state index contributed by atoms with van der Waals surface area (Å²) in [5.41, 5.74) is 0.994. The molecule has 1 saturated carbocycles. The minimum absolute atomic E-state index is 0.260. The van der Waals surface area contributed by atoms with Gasteiger partial charge < -0.3 is 9.47 Å². The van der Waals surface area contributed by atoms with Crippen LogP contribution in [0.15, 0.2) is 54.6 Å². The van der Waals surface area contributed by atoms with Crippen LogP contribution in [0.4, 0.5) is 0 Å². The van der Waals surface area contributed by atoms with Crippen LogP contribution >= 0.6 is 0 Å². The number of aryl methyl sites for hydroxylation is 1. The van der Waals surface area contributed by atoms with Gasteiger partial charge in [0.2, 0.25) is 0 Å². The van der Waals surface area contributed by atoms with Gasteiger partial charge in [-0.15, -0.1) is 0 Å². The van der Waals surface area contributed by atoms with Crippen LogP contribution in [-0.2, 0) is 15.1 Å². The van der Waals surface area contributed by atoms with Crippen LogP contribution in [0.25, 0.3) is 0 Å². The predicted octanol–water partition coefficient (Wildman–Crippen LogP) is 4.14. The van der Waals surface area contributed by atoms with Gasteiger partial charge in [0, 0.05) is 0 Å². The summed E-state index contributed by atoms with van der Waals surface area (Å²) in [6.45, 7) is 2.06. The minimum Gasteiger partial charge on any atom is -0.424 e. The van der Waals surface area contributed by atoms with E-state index in [0.717, 1.165) is 31.2 Å². The SMILES string of the molecule is Cc1ccc(C23CCCCC2(C(=O)Oc2ccccc2)O3)cc1. The van der Waals surface area contributed by atoms with Crippen molar-refractivity contribution in [3.05, 3.63) is 65.7 Å². The monoisotopic (exact) mass is 308 g/mol. The number of ether oxygens (including phenoxy) is 2. The van der Waals surface area contributed by atoms with Crippen molar-refractivity contribution in [2.45, 2.75) is 43.8 Å². The molecular formula is C20H20O3. The highest BCUT2D eigenvalue weighted by molar-refractivity contribution is 5.87. The third-order valence-corrected chi connectivity index (χ3v) is 5.07. The Hall–Kier alpha value is -2.13. The normalized spacial score (nSPS) is 28.7. The van der Waals surface area contributed by atoms with E-state index in [-0.39, 0.29) is 5.97 Å². The van der Waals surface area contributed by atoms with Gasteiger partial charge in [0.25, 0.3) is 0 Å². The number of para-hydroxylation sites is 1. The van der Waals surface area contributed by atoms with E-state index in [9.17, 15) is 4.79 Å². The molecule has 0 spiro atoms. The van der Waals surface area contributed by atoms with Crippen molar-refractivity contribution in [2.75, 3.05) is 0 Å². The summed E-state index contributed by atoms with van der Waals surface area (Å²) in [5, 5.41) is 0. The topological polar surface area (TPSA) is 38.8 Å². The van der Waals surface area contributed by atoms with Crippen LogP contribution in [0.2, 0.25) is 0 Å². The highest BCUT2D eigenvalue weighted by atomic mass is 16.7. The first-order valence-corrected chi connectivity index (χ1v) is 8.21. The number of hydrogen-bond acceptors (Lipinski definition) is 3. The molecule has 2 aromatic rings. The number of esters is 1. The second kappa shape index (κ2) is 5.20. The molecule has 2 aliphatic rings. The molecule has 2 atom stereocenters. The first-order chi connectivity index (χ1) is 11.2. The highest BCUT2D eigenvalue weighted by Gasteiger charge is 2.76. The summed E-state index contributed by atoms with van der Waals surface area (Å²) in [6.07, 6.45) is 3.68. The van der Waals surface area contributed by atoms with Gasteiger partial charge in [0.1, 0.15) is 11.4 Å². The summed E-state index contributed by atoms with van der Waals surface area (Å²) >= 11 is 0. The molecule has 2 unspecified atom stereocenters. The molecular weight excluding hydrogens is 288 g/mol. The molecule has 0 bridgehead atoms. The van der Waals surface area contributed by atoms with Crippen molar-refractivity contribution in [1.82, 2.24) is 0 Å². The molecule has 4 rings (SSSR count). The van der Waals surface area contributed by atoms with E-state index in [1.54, 1.807) is 12.1 Å². The zero-order valence-electron chi connectivity index (χ0n) is 13.2. The van der Waals surface area contributed by atoms with Crippen molar-refractivity contribution in [3.8, 4) is 5.75 Å². The van der Waals surface area contributed by atoms with E-state index in [1.165, 1.54) is 5.56 Å². The number of rotatable bonds is 3. The fourth-order valence-electron chi connectivity index (χ4n) is 3.77. The fraction of sp³-hybridized carbons (Fsp3) is 0.350. The molecule has 1 saturated heterocycles. The van der Waals surface area contributed by atoms with Crippen LogP contribution in [0, 0.1) is 6.92 Å². The molecule has 0 N–H and O–H groups in total. The third kappa shape index (κ3) is 2.19. The average molecular weight is 308 g/mol. The average Bonchev–Trinajstić information content (AvgIpc) is 3.28. The summed E-state index contributed by atoms with van der Waals surface area (Å²) in [6, 6.07) is 17.5. The van der Waals surface area contributed by atoms with E-state index >= 15 is 0 Å². The van der Waals surface area contributed by atoms with Gasteiger partial charge in [0.15, 0.2) is 5.60 Å². The Bertz CT molecular complexity index is 722. The lowest BCUT2D eigenvalue weighted by atomic mass is 9.75. The fourth-order valence-corrected chi connectivity index (χ4v) is 3.77. The number of benzene rings is 2. The molecule has 1 heterocycles. The molecule has 2 aromatic carbocycles. The second-order valence-electron chi connectivity index (χ2n) is 6.53. The quantitative estimate of drug-likeness (QED) is 0.486. The van der Waals surface area contributed by atoms with Gasteiger partial charge in [-0.05, 0) is 50.3 Å². The van der Waals surface area contributed by atoms with E-state index in [2.05, 4.69) is 31.2 Å². The Morgan fingerprint density at radius 1 is 1.00 bits per heavy atom. The van der Waals surface area contributed by atoms with E-state index in [4.69, 9.17) is 9.47 Å². The van der Waals surface area contributed by atoms with E-state index in [0.29, 0.717) is 5.75 Å². The zero-order chi connectivity index (χ0) is 15.9. The molecule has 23 heavy (non-hydrogen) atoms. The van der Waals surface area contributed by atoms with Crippen LogP contribution in [0.3, 0.4) is 0 Å². The number of fused-ring (bicyclic) bond motifs is 1. The molecule has 3 heteroatoms. The van der Waals surface area contributed by atoms with Crippen molar-refractivity contribution >= 4 is 5.97 Å². The minimum atomic E-state index is -0.809. The number of carbonyl (C=O) groups is 1. The maximum absolute atomic E-state index is 12.8. The molecule has 2 fully saturated rings.